The number of amides is 1. The van der Waals surface area contributed by atoms with E-state index in [4.69, 9.17) is 0 Å². The number of rotatable bonds is 4. The van der Waals surface area contributed by atoms with Crippen molar-refractivity contribution in [3.05, 3.63) is 29.8 Å². The summed E-state index contributed by atoms with van der Waals surface area (Å²) in [4.78, 5) is 12.3. The molecule has 1 N–H and O–H groups in total. The van der Waals surface area contributed by atoms with Gasteiger partial charge in [0.1, 0.15) is 16.5 Å². The van der Waals surface area contributed by atoms with Crippen LogP contribution in [0.3, 0.4) is 0 Å². The van der Waals surface area contributed by atoms with Crippen molar-refractivity contribution in [3.63, 3.8) is 0 Å². The Balaban J connectivity index is 1.21. The molecule has 1 aromatic carbocycles. The van der Waals surface area contributed by atoms with Gasteiger partial charge < -0.3 is 5.32 Å². The monoisotopic (exact) mass is 438 g/mol. The molecule has 1 heterocycles. The summed E-state index contributed by atoms with van der Waals surface area (Å²) >= 11 is 0. The Labute approximate surface area is 176 Å². The molecular formula is C22H28F2N2O3S. The second-order valence-electron chi connectivity index (χ2n) is 9.72. The second-order valence-corrected chi connectivity index (χ2v) is 11.6. The molecule has 0 spiro atoms. The number of benzene rings is 1. The number of sulfonamides is 1. The number of nitrogens with one attached hydrogen (secondary N) is 1. The SMILES string of the molecule is O=C(NC1C2CC3CC(C2)CC1C3)C1CCN(S(=O)(=O)c2cc(F)ccc2F)CC1. The number of carbonyl (C=O) groups excluding carboxylic acids is 1. The summed E-state index contributed by atoms with van der Waals surface area (Å²) in [5.41, 5.74) is 0. The highest BCUT2D eigenvalue weighted by Crippen LogP contribution is 2.53. The van der Waals surface area contributed by atoms with Crippen molar-refractivity contribution in [3.8, 4) is 0 Å². The zero-order valence-electron chi connectivity index (χ0n) is 16.9. The molecule has 4 saturated carbocycles. The minimum absolute atomic E-state index is 0.0291. The van der Waals surface area contributed by atoms with Crippen LogP contribution in [0.15, 0.2) is 23.1 Å². The maximum Gasteiger partial charge on any atom is 0.246 e. The third-order valence-electron chi connectivity index (χ3n) is 7.87. The highest BCUT2D eigenvalue weighted by Gasteiger charge is 2.49. The number of hydrogen-bond acceptors (Lipinski definition) is 3. The third-order valence-corrected chi connectivity index (χ3v) is 9.79. The number of hydrogen-bond donors (Lipinski definition) is 1. The fourth-order valence-electron chi connectivity index (χ4n) is 6.62. The van der Waals surface area contributed by atoms with E-state index in [9.17, 15) is 22.0 Å². The van der Waals surface area contributed by atoms with Gasteiger partial charge in [-0.25, -0.2) is 17.2 Å². The maximum absolute atomic E-state index is 14.0. The molecule has 1 amide bonds. The van der Waals surface area contributed by atoms with Crippen molar-refractivity contribution in [2.75, 3.05) is 13.1 Å². The van der Waals surface area contributed by atoms with Crippen molar-refractivity contribution in [1.82, 2.24) is 9.62 Å². The summed E-state index contributed by atoms with van der Waals surface area (Å²) in [5.74, 6) is 0.934. The lowest BCUT2D eigenvalue weighted by Crippen LogP contribution is -2.57. The van der Waals surface area contributed by atoms with Crippen molar-refractivity contribution < 1.29 is 22.0 Å². The van der Waals surface area contributed by atoms with Gasteiger partial charge in [0, 0.05) is 25.0 Å². The van der Waals surface area contributed by atoms with Gasteiger partial charge in [-0.05, 0) is 86.8 Å². The largest absolute Gasteiger partial charge is 0.353 e. The van der Waals surface area contributed by atoms with E-state index in [0.717, 1.165) is 34.3 Å². The molecule has 4 aliphatic carbocycles. The number of piperidine rings is 1. The predicted molar refractivity (Wildman–Crippen MR) is 107 cm³/mol. The van der Waals surface area contributed by atoms with Crippen molar-refractivity contribution >= 4 is 15.9 Å². The summed E-state index contributed by atoms with van der Waals surface area (Å²) in [6.45, 7) is 0.274. The molecule has 4 bridgehead atoms. The van der Waals surface area contributed by atoms with Crippen LogP contribution < -0.4 is 5.32 Å². The molecule has 6 rings (SSSR count). The fourth-order valence-corrected chi connectivity index (χ4v) is 8.16. The Bertz CT molecular complexity index is 916. The van der Waals surface area contributed by atoms with E-state index in [2.05, 4.69) is 5.32 Å². The van der Waals surface area contributed by atoms with Crippen LogP contribution in [0.2, 0.25) is 0 Å². The van der Waals surface area contributed by atoms with Crippen LogP contribution in [-0.4, -0.2) is 37.8 Å². The first-order chi connectivity index (χ1) is 14.3. The van der Waals surface area contributed by atoms with Crippen molar-refractivity contribution in [1.29, 1.82) is 0 Å². The van der Waals surface area contributed by atoms with Gasteiger partial charge in [0.15, 0.2) is 0 Å². The van der Waals surface area contributed by atoms with Gasteiger partial charge >= 0.3 is 0 Å². The van der Waals surface area contributed by atoms with E-state index < -0.39 is 26.6 Å². The first-order valence-corrected chi connectivity index (χ1v) is 12.5. The molecular weight excluding hydrogens is 410 g/mol. The Hall–Kier alpha value is -1.54. The van der Waals surface area contributed by atoms with E-state index in [1.165, 1.54) is 32.1 Å². The lowest BCUT2D eigenvalue weighted by Gasteiger charge is -2.54. The van der Waals surface area contributed by atoms with Gasteiger partial charge in [-0.1, -0.05) is 0 Å². The van der Waals surface area contributed by atoms with E-state index in [-0.39, 0.29) is 31.0 Å². The average molecular weight is 439 g/mol. The molecule has 0 unspecified atom stereocenters. The van der Waals surface area contributed by atoms with Crippen LogP contribution in [0.5, 0.6) is 0 Å². The number of carbonyl (C=O) groups is 1. The highest BCUT2D eigenvalue weighted by atomic mass is 32.2. The third kappa shape index (κ3) is 3.55. The van der Waals surface area contributed by atoms with Crippen LogP contribution in [0.4, 0.5) is 8.78 Å². The summed E-state index contributed by atoms with van der Waals surface area (Å²) in [6, 6.07) is 2.71. The summed E-state index contributed by atoms with van der Waals surface area (Å²) in [7, 11) is -4.12. The fraction of sp³-hybridized carbons (Fsp3) is 0.682. The molecule has 0 radical (unpaired) electrons. The second kappa shape index (κ2) is 7.55. The normalized spacial score (nSPS) is 34.3. The quantitative estimate of drug-likeness (QED) is 0.784. The molecule has 5 nitrogen and oxygen atoms in total. The molecule has 1 aliphatic heterocycles. The molecule has 5 aliphatic rings. The molecule has 0 atom stereocenters. The van der Waals surface area contributed by atoms with Crippen molar-refractivity contribution in [2.24, 2.45) is 29.6 Å². The van der Waals surface area contributed by atoms with E-state index in [0.29, 0.717) is 24.7 Å². The lowest BCUT2D eigenvalue weighted by atomic mass is 9.54. The number of halogens is 2. The summed E-state index contributed by atoms with van der Waals surface area (Å²) in [5, 5.41) is 3.32. The maximum atomic E-state index is 14.0. The van der Waals surface area contributed by atoms with Crippen molar-refractivity contribution in [2.45, 2.75) is 55.9 Å². The standard InChI is InChI=1S/C22H28F2N2O3S/c23-18-1-2-19(24)20(12-18)30(28,29)26-5-3-15(4-6-26)22(27)25-21-16-8-13-7-14(10-16)11-17(21)9-13/h1-2,12-17,21H,3-11H2,(H,25,27). The molecule has 1 aromatic rings. The van der Waals surface area contributed by atoms with E-state index in [1.807, 2.05) is 0 Å². The van der Waals surface area contributed by atoms with Crippen LogP contribution in [0.1, 0.15) is 44.9 Å². The zero-order valence-corrected chi connectivity index (χ0v) is 17.7. The van der Waals surface area contributed by atoms with Gasteiger partial charge in [0.2, 0.25) is 15.9 Å². The minimum Gasteiger partial charge on any atom is -0.353 e. The smallest absolute Gasteiger partial charge is 0.246 e. The summed E-state index contributed by atoms with van der Waals surface area (Å²) in [6.07, 6.45) is 7.08. The van der Waals surface area contributed by atoms with Gasteiger partial charge in [0.05, 0.1) is 0 Å². The zero-order chi connectivity index (χ0) is 21.0. The average Bonchev–Trinajstić information content (AvgIpc) is 2.72. The minimum atomic E-state index is -4.12. The molecule has 8 heteroatoms. The van der Waals surface area contributed by atoms with Gasteiger partial charge in [0.25, 0.3) is 0 Å². The van der Waals surface area contributed by atoms with Gasteiger partial charge in [-0.15, -0.1) is 0 Å². The Morgan fingerprint density at radius 1 is 0.967 bits per heavy atom. The van der Waals surface area contributed by atoms with Gasteiger partial charge in [-0.3, -0.25) is 4.79 Å². The Kier molecular flexibility index (Phi) is 5.13. The first kappa shape index (κ1) is 20.4. The topological polar surface area (TPSA) is 66.5 Å². The predicted octanol–water partition coefficient (Wildman–Crippen LogP) is 3.31. The van der Waals surface area contributed by atoms with E-state index >= 15 is 0 Å². The molecule has 30 heavy (non-hydrogen) atoms. The Morgan fingerprint density at radius 3 is 2.17 bits per heavy atom. The molecule has 164 valence electrons. The Morgan fingerprint density at radius 2 is 1.57 bits per heavy atom. The summed E-state index contributed by atoms with van der Waals surface area (Å²) < 4.78 is 54.1. The van der Waals surface area contributed by atoms with Gasteiger partial charge in [-0.2, -0.15) is 4.31 Å². The highest BCUT2D eigenvalue weighted by molar-refractivity contribution is 7.89. The molecule has 0 aromatic heterocycles. The van der Waals surface area contributed by atoms with Crippen LogP contribution in [0.25, 0.3) is 0 Å². The van der Waals surface area contributed by atoms with Crippen LogP contribution >= 0.6 is 0 Å². The first-order valence-electron chi connectivity index (χ1n) is 11.1. The molecule has 1 saturated heterocycles. The van der Waals surface area contributed by atoms with Crippen LogP contribution in [0, 0.1) is 41.2 Å². The van der Waals surface area contributed by atoms with Crippen LogP contribution in [-0.2, 0) is 14.8 Å². The molecule has 5 fully saturated rings. The lowest BCUT2D eigenvalue weighted by molar-refractivity contribution is -0.130. The number of nitrogens with zero attached hydrogens (tertiary/aromatic N) is 1. The van der Waals surface area contributed by atoms with E-state index in [1.54, 1.807) is 0 Å².